The van der Waals surface area contributed by atoms with E-state index in [1.165, 1.54) is 28.4 Å². The fourth-order valence-corrected chi connectivity index (χ4v) is 3.68. The number of hydrogen-bond donors (Lipinski definition) is 2. The van der Waals surface area contributed by atoms with Gasteiger partial charge < -0.3 is 15.3 Å². The summed E-state index contributed by atoms with van der Waals surface area (Å²) in [5.74, 6) is -2.57. The van der Waals surface area contributed by atoms with Crippen LogP contribution in [0.15, 0.2) is 35.7 Å². The van der Waals surface area contributed by atoms with Gasteiger partial charge in [-0.05, 0) is 36.1 Å². The minimum atomic E-state index is -1.07. The molecule has 2 aromatic rings. The zero-order valence-electron chi connectivity index (χ0n) is 13.8. The average molecular weight is 376 g/mol. The van der Waals surface area contributed by atoms with E-state index in [0.29, 0.717) is 23.5 Å². The van der Waals surface area contributed by atoms with Crippen LogP contribution in [0.3, 0.4) is 0 Å². The summed E-state index contributed by atoms with van der Waals surface area (Å²) in [7, 11) is 0. The van der Waals surface area contributed by atoms with Gasteiger partial charge in [-0.3, -0.25) is 14.4 Å². The minimum absolute atomic E-state index is 0.0645. The number of carboxylic acid groups (broad SMARTS) is 1. The maximum Gasteiger partial charge on any atom is 0.305 e. The lowest BCUT2D eigenvalue weighted by molar-refractivity contribution is -0.137. The molecule has 0 bridgehead atoms. The molecule has 1 aliphatic heterocycles. The summed E-state index contributed by atoms with van der Waals surface area (Å²) >= 11 is 1.31. The van der Waals surface area contributed by atoms with Gasteiger partial charge in [-0.1, -0.05) is 6.07 Å². The molecule has 1 atom stereocenters. The number of rotatable bonds is 6. The molecule has 0 saturated carbocycles. The minimum Gasteiger partial charge on any atom is -0.481 e. The van der Waals surface area contributed by atoms with Crippen molar-refractivity contribution in [2.45, 2.75) is 25.3 Å². The summed E-state index contributed by atoms with van der Waals surface area (Å²) in [6.45, 7) is 0.530. The lowest BCUT2D eigenvalue weighted by atomic mass is 10.1. The molecule has 1 aromatic carbocycles. The largest absolute Gasteiger partial charge is 0.481 e. The lowest BCUT2D eigenvalue weighted by Crippen LogP contribution is -2.31. The summed E-state index contributed by atoms with van der Waals surface area (Å²) in [5.41, 5.74) is 0.249. The third-order valence-electron chi connectivity index (χ3n) is 4.15. The molecule has 1 aliphatic rings. The molecule has 2 N–H and O–H groups in total. The van der Waals surface area contributed by atoms with Gasteiger partial charge in [0.05, 0.1) is 18.0 Å². The maximum absolute atomic E-state index is 14.2. The van der Waals surface area contributed by atoms with Crippen LogP contribution in [0.5, 0.6) is 0 Å². The van der Waals surface area contributed by atoms with Crippen molar-refractivity contribution in [1.82, 2.24) is 5.32 Å². The van der Waals surface area contributed by atoms with Crippen molar-refractivity contribution >= 4 is 34.8 Å². The highest BCUT2D eigenvalue weighted by atomic mass is 32.1. The van der Waals surface area contributed by atoms with E-state index in [1.54, 1.807) is 17.5 Å². The van der Waals surface area contributed by atoms with Crippen LogP contribution in [0, 0.1) is 5.82 Å². The zero-order valence-corrected chi connectivity index (χ0v) is 14.6. The number of benzene rings is 1. The van der Waals surface area contributed by atoms with Crippen molar-refractivity contribution in [1.29, 1.82) is 0 Å². The van der Waals surface area contributed by atoms with Crippen molar-refractivity contribution in [3.8, 4) is 0 Å². The Morgan fingerprint density at radius 2 is 2.15 bits per heavy atom. The highest BCUT2D eigenvalue weighted by Crippen LogP contribution is 2.26. The fraction of sp³-hybridized carbons (Fsp3) is 0.278. The molecule has 3 rings (SSSR count). The Morgan fingerprint density at radius 1 is 1.35 bits per heavy atom. The molecule has 0 unspecified atom stereocenters. The molecule has 2 amide bonds. The van der Waals surface area contributed by atoms with E-state index in [9.17, 15) is 18.8 Å². The summed E-state index contributed by atoms with van der Waals surface area (Å²) in [6, 6.07) is 6.66. The van der Waals surface area contributed by atoms with E-state index in [2.05, 4.69) is 5.32 Å². The highest BCUT2D eigenvalue weighted by Gasteiger charge is 2.25. The number of amides is 2. The van der Waals surface area contributed by atoms with Crippen molar-refractivity contribution in [3.05, 3.63) is 52.0 Å². The van der Waals surface area contributed by atoms with Gasteiger partial charge in [0.2, 0.25) is 5.91 Å². The summed E-state index contributed by atoms with van der Waals surface area (Å²) in [4.78, 5) is 37.7. The predicted molar refractivity (Wildman–Crippen MR) is 94.8 cm³/mol. The van der Waals surface area contributed by atoms with Gasteiger partial charge >= 0.3 is 5.97 Å². The molecule has 0 radical (unpaired) electrons. The molecular weight excluding hydrogens is 359 g/mol. The second kappa shape index (κ2) is 7.65. The monoisotopic (exact) mass is 376 g/mol. The second-order valence-corrected chi connectivity index (χ2v) is 6.93. The zero-order chi connectivity index (χ0) is 18.7. The predicted octanol–water partition coefficient (Wildman–Crippen LogP) is 2.96. The molecule has 0 aliphatic carbocycles. The number of anilines is 1. The smallest absolute Gasteiger partial charge is 0.305 e. The first-order valence-corrected chi connectivity index (χ1v) is 8.99. The van der Waals surface area contributed by atoms with Crippen molar-refractivity contribution < 1.29 is 23.9 Å². The Kier molecular flexibility index (Phi) is 5.32. The molecule has 136 valence electrons. The quantitative estimate of drug-likeness (QED) is 0.812. The number of carbonyl (C=O) groups is 3. The van der Waals surface area contributed by atoms with Crippen LogP contribution in [0.25, 0.3) is 0 Å². The molecule has 0 spiro atoms. The van der Waals surface area contributed by atoms with Gasteiger partial charge in [-0.2, -0.15) is 0 Å². The van der Waals surface area contributed by atoms with Gasteiger partial charge in [0.1, 0.15) is 5.82 Å². The Balaban J connectivity index is 1.84. The van der Waals surface area contributed by atoms with Crippen molar-refractivity contribution in [3.63, 3.8) is 0 Å². The van der Waals surface area contributed by atoms with Crippen LogP contribution in [-0.2, 0) is 9.59 Å². The summed E-state index contributed by atoms with van der Waals surface area (Å²) in [6.07, 6.45) is 0.840. The highest BCUT2D eigenvalue weighted by molar-refractivity contribution is 7.10. The normalized spacial score (nSPS) is 15.1. The SMILES string of the molecule is O=C(O)C[C@H](NC(=O)c1cc(N2CCCC2=O)ccc1F)c1cccs1. The first-order valence-electron chi connectivity index (χ1n) is 8.11. The third kappa shape index (κ3) is 3.91. The van der Waals surface area contributed by atoms with E-state index >= 15 is 0 Å². The van der Waals surface area contributed by atoms with Gasteiger partial charge in [-0.25, -0.2) is 4.39 Å². The van der Waals surface area contributed by atoms with Gasteiger partial charge in [0, 0.05) is 23.5 Å². The Labute approximate surface area is 153 Å². The lowest BCUT2D eigenvalue weighted by Gasteiger charge is -2.19. The van der Waals surface area contributed by atoms with Crippen LogP contribution in [0.1, 0.15) is 40.5 Å². The van der Waals surface area contributed by atoms with Crippen molar-refractivity contribution in [2.24, 2.45) is 0 Å². The molecule has 1 fully saturated rings. The van der Waals surface area contributed by atoms with E-state index < -0.39 is 23.7 Å². The van der Waals surface area contributed by atoms with E-state index in [4.69, 9.17) is 5.11 Å². The van der Waals surface area contributed by atoms with Crippen molar-refractivity contribution in [2.75, 3.05) is 11.4 Å². The summed E-state index contributed by atoms with van der Waals surface area (Å²) in [5, 5.41) is 13.4. The number of aliphatic carboxylic acids is 1. The van der Waals surface area contributed by atoms with Crippen LogP contribution >= 0.6 is 11.3 Å². The van der Waals surface area contributed by atoms with Crippen LogP contribution in [0.2, 0.25) is 0 Å². The van der Waals surface area contributed by atoms with Gasteiger partial charge in [0.15, 0.2) is 0 Å². The molecule has 26 heavy (non-hydrogen) atoms. The van der Waals surface area contributed by atoms with Gasteiger partial charge in [0.25, 0.3) is 5.91 Å². The summed E-state index contributed by atoms with van der Waals surface area (Å²) < 4.78 is 14.2. The number of carbonyl (C=O) groups excluding carboxylic acids is 2. The van der Waals surface area contributed by atoms with Crippen LogP contribution in [-0.4, -0.2) is 29.4 Å². The van der Waals surface area contributed by atoms with E-state index in [0.717, 1.165) is 12.5 Å². The van der Waals surface area contributed by atoms with Crippen LogP contribution < -0.4 is 10.2 Å². The molecule has 6 nitrogen and oxygen atoms in total. The second-order valence-electron chi connectivity index (χ2n) is 5.95. The molecule has 2 heterocycles. The third-order valence-corrected chi connectivity index (χ3v) is 5.14. The molecular formula is C18H17FN2O4S. The fourth-order valence-electron chi connectivity index (χ4n) is 2.90. The Hall–Kier alpha value is -2.74. The number of hydrogen-bond acceptors (Lipinski definition) is 4. The maximum atomic E-state index is 14.2. The number of carboxylic acids is 1. The van der Waals surface area contributed by atoms with Gasteiger partial charge in [-0.15, -0.1) is 11.3 Å². The standard InChI is InChI=1S/C18H17FN2O4S/c19-13-6-5-11(21-7-1-4-16(21)22)9-12(13)18(25)20-14(10-17(23)24)15-3-2-8-26-15/h2-3,5-6,8-9,14H,1,4,7,10H2,(H,20,25)(H,23,24)/t14-/m0/s1. The molecule has 1 aromatic heterocycles. The number of nitrogens with one attached hydrogen (secondary N) is 1. The van der Waals surface area contributed by atoms with E-state index in [1.807, 2.05) is 0 Å². The molecule has 1 saturated heterocycles. The number of halogens is 1. The van der Waals surface area contributed by atoms with Crippen LogP contribution in [0.4, 0.5) is 10.1 Å². The molecule has 8 heteroatoms. The topological polar surface area (TPSA) is 86.7 Å². The number of nitrogens with zero attached hydrogens (tertiary/aromatic N) is 1. The van der Waals surface area contributed by atoms with E-state index in [-0.39, 0.29) is 17.9 Å². The average Bonchev–Trinajstić information content (AvgIpc) is 3.26. The first kappa shape index (κ1) is 18.1. The number of thiophene rings is 1. The Morgan fingerprint density at radius 3 is 2.77 bits per heavy atom. The Bertz CT molecular complexity index is 838. The first-order chi connectivity index (χ1) is 12.5.